The summed E-state index contributed by atoms with van der Waals surface area (Å²) in [6.07, 6.45) is 2.51. The van der Waals surface area contributed by atoms with Crippen molar-refractivity contribution in [1.29, 1.82) is 0 Å². The molecule has 9 nitrogen and oxygen atoms in total. The van der Waals surface area contributed by atoms with Gasteiger partial charge in [0.25, 0.3) is 5.91 Å². The molecule has 0 aliphatic heterocycles. The Kier molecular flexibility index (Phi) is 9.81. The largest absolute Gasteiger partial charge is 0.478 e. The number of furan rings is 1. The van der Waals surface area contributed by atoms with Crippen LogP contribution < -0.4 is 5.32 Å². The fourth-order valence-corrected chi connectivity index (χ4v) is 4.42. The second-order valence-corrected chi connectivity index (χ2v) is 9.66. The van der Waals surface area contributed by atoms with Crippen LogP contribution in [0.25, 0.3) is 33.5 Å². The number of carboxylic acid groups (broad SMARTS) is 2. The lowest BCUT2D eigenvalue weighted by molar-refractivity contribution is 0.0684. The van der Waals surface area contributed by atoms with E-state index in [1.54, 1.807) is 48.7 Å². The van der Waals surface area contributed by atoms with E-state index in [1.807, 2.05) is 50.5 Å². The van der Waals surface area contributed by atoms with Crippen molar-refractivity contribution in [3.8, 4) is 22.6 Å². The summed E-state index contributed by atoms with van der Waals surface area (Å²) in [5.41, 5.74) is 3.06. The van der Waals surface area contributed by atoms with Crippen molar-refractivity contribution in [2.75, 3.05) is 27.2 Å². The number of carboxylic acids is 2. The zero-order valence-corrected chi connectivity index (χ0v) is 23.3. The molecule has 0 aliphatic carbocycles. The maximum atomic E-state index is 12.6. The monoisotopic (exact) mass is 565 g/mol. The number of amides is 1. The highest BCUT2D eigenvalue weighted by Gasteiger charge is 2.17. The lowest BCUT2D eigenvalue weighted by atomic mass is 9.95. The van der Waals surface area contributed by atoms with Crippen LogP contribution in [0.15, 0.2) is 102 Å². The second kappa shape index (κ2) is 13.9. The molecule has 0 aliphatic rings. The van der Waals surface area contributed by atoms with Crippen molar-refractivity contribution in [2.45, 2.75) is 6.42 Å². The van der Waals surface area contributed by atoms with E-state index >= 15 is 0 Å². The zero-order valence-electron chi connectivity index (χ0n) is 23.3. The maximum Gasteiger partial charge on any atom is 0.336 e. The summed E-state index contributed by atoms with van der Waals surface area (Å²) in [5.74, 6) is -1.58. The fourth-order valence-electron chi connectivity index (χ4n) is 4.42. The average molecular weight is 566 g/mol. The number of carbonyl (C=O) groups is 3. The molecule has 0 spiro atoms. The molecular formula is C33H31N3O6. The van der Waals surface area contributed by atoms with Gasteiger partial charge in [0.15, 0.2) is 5.76 Å². The molecule has 2 aromatic heterocycles. The molecule has 5 aromatic rings. The molecule has 3 N–H and O–H groups in total. The summed E-state index contributed by atoms with van der Waals surface area (Å²) >= 11 is 0. The summed E-state index contributed by atoms with van der Waals surface area (Å²) in [6.45, 7) is 1.58. The maximum absolute atomic E-state index is 12.6. The van der Waals surface area contributed by atoms with Gasteiger partial charge in [-0.3, -0.25) is 4.79 Å². The van der Waals surface area contributed by atoms with Gasteiger partial charge < -0.3 is 24.8 Å². The highest BCUT2D eigenvalue weighted by molar-refractivity contribution is 6.07. The summed E-state index contributed by atoms with van der Waals surface area (Å²) in [4.78, 5) is 41.6. The Morgan fingerprint density at radius 2 is 1.38 bits per heavy atom. The number of aromatic carboxylic acids is 2. The van der Waals surface area contributed by atoms with Crippen molar-refractivity contribution < 1.29 is 29.0 Å². The fraction of sp³-hybridized carbons (Fsp3) is 0.152. The van der Waals surface area contributed by atoms with Crippen LogP contribution in [0.4, 0.5) is 0 Å². The standard InChI is InChI=1S/C19H21N3O2.C14H10O4/c1-22(2)11-6-10-20-19(23)15-13-17(18-9-5-12-24-18)21-16-8-4-3-7-14(15)16;15-13(16)11-7-3-1-5-9(11)10-6-2-4-8-12(10)14(17)18/h3-5,7-9,12-13H,6,10-11H2,1-2H3,(H,20,23);1-8H,(H,15,16)(H,17,18). The molecule has 0 unspecified atom stereocenters. The van der Waals surface area contributed by atoms with Crippen molar-refractivity contribution in [1.82, 2.24) is 15.2 Å². The van der Waals surface area contributed by atoms with Crippen molar-refractivity contribution in [3.05, 3.63) is 114 Å². The van der Waals surface area contributed by atoms with Crippen LogP contribution in [-0.2, 0) is 0 Å². The minimum absolute atomic E-state index is 0.0832. The van der Waals surface area contributed by atoms with Gasteiger partial charge in [-0.25, -0.2) is 14.6 Å². The number of fused-ring (bicyclic) bond motifs is 1. The van der Waals surface area contributed by atoms with E-state index in [9.17, 15) is 14.4 Å². The van der Waals surface area contributed by atoms with E-state index in [0.29, 0.717) is 34.7 Å². The van der Waals surface area contributed by atoms with Gasteiger partial charge in [0, 0.05) is 11.9 Å². The molecule has 0 saturated carbocycles. The molecule has 5 rings (SSSR count). The molecule has 1 amide bonds. The predicted octanol–water partition coefficient (Wildman–Crippen LogP) is 5.93. The van der Waals surface area contributed by atoms with Crippen LogP contribution in [0, 0.1) is 0 Å². The molecule has 0 fully saturated rings. The van der Waals surface area contributed by atoms with Crippen molar-refractivity contribution in [2.24, 2.45) is 0 Å². The smallest absolute Gasteiger partial charge is 0.336 e. The molecule has 0 atom stereocenters. The summed E-state index contributed by atoms with van der Waals surface area (Å²) in [7, 11) is 4.04. The third-order valence-corrected chi connectivity index (χ3v) is 6.41. The Bertz CT molecular complexity index is 1640. The van der Waals surface area contributed by atoms with E-state index in [4.69, 9.17) is 14.6 Å². The number of para-hydroxylation sites is 1. The molecule has 3 aromatic carbocycles. The first-order valence-electron chi connectivity index (χ1n) is 13.3. The van der Waals surface area contributed by atoms with Gasteiger partial charge in [-0.15, -0.1) is 0 Å². The molecule has 2 heterocycles. The van der Waals surface area contributed by atoms with E-state index in [2.05, 4.69) is 15.2 Å². The Labute approximate surface area is 243 Å². The first-order valence-corrected chi connectivity index (χ1v) is 13.3. The molecule has 0 radical (unpaired) electrons. The van der Waals surface area contributed by atoms with Gasteiger partial charge in [0.1, 0.15) is 5.69 Å². The first kappa shape index (κ1) is 29.7. The molecule has 0 bridgehead atoms. The number of carbonyl (C=O) groups excluding carboxylic acids is 1. The zero-order chi connectivity index (χ0) is 30.1. The summed E-state index contributed by atoms with van der Waals surface area (Å²) in [5, 5.41) is 22.1. The molecule has 214 valence electrons. The Morgan fingerprint density at radius 3 is 1.95 bits per heavy atom. The molecule has 9 heteroatoms. The number of pyridine rings is 1. The molecule has 42 heavy (non-hydrogen) atoms. The van der Waals surface area contributed by atoms with E-state index in [0.717, 1.165) is 23.9 Å². The first-order chi connectivity index (χ1) is 20.3. The van der Waals surface area contributed by atoms with E-state index in [1.165, 1.54) is 12.1 Å². The second-order valence-electron chi connectivity index (χ2n) is 9.66. The van der Waals surface area contributed by atoms with Crippen molar-refractivity contribution in [3.63, 3.8) is 0 Å². The Morgan fingerprint density at radius 1 is 0.786 bits per heavy atom. The van der Waals surface area contributed by atoms with Crippen LogP contribution in [0.2, 0.25) is 0 Å². The van der Waals surface area contributed by atoms with Gasteiger partial charge in [-0.2, -0.15) is 0 Å². The number of hydrogen-bond acceptors (Lipinski definition) is 6. The molecule has 0 saturated heterocycles. The lowest BCUT2D eigenvalue weighted by Gasteiger charge is -2.11. The van der Waals surface area contributed by atoms with Gasteiger partial charge in [0.05, 0.1) is 28.5 Å². The highest BCUT2D eigenvalue weighted by Crippen LogP contribution is 2.27. The number of nitrogens with one attached hydrogen (secondary N) is 1. The van der Waals surface area contributed by atoms with E-state index < -0.39 is 11.9 Å². The van der Waals surface area contributed by atoms with Crippen LogP contribution in [0.3, 0.4) is 0 Å². The van der Waals surface area contributed by atoms with Crippen LogP contribution >= 0.6 is 0 Å². The normalized spacial score (nSPS) is 10.6. The SMILES string of the molecule is CN(C)CCCNC(=O)c1cc(-c2ccco2)nc2ccccc12.O=C(O)c1ccccc1-c1ccccc1C(=O)O. The van der Waals surface area contributed by atoms with Gasteiger partial charge in [-0.05, 0) is 74.6 Å². The lowest BCUT2D eigenvalue weighted by Crippen LogP contribution is -2.27. The van der Waals surface area contributed by atoms with Crippen LogP contribution in [-0.4, -0.2) is 65.1 Å². The van der Waals surface area contributed by atoms with Crippen LogP contribution in [0.5, 0.6) is 0 Å². The molecular weight excluding hydrogens is 534 g/mol. The summed E-state index contributed by atoms with van der Waals surface area (Å²) < 4.78 is 5.43. The Balaban J connectivity index is 0.000000201. The van der Waals surface area contributed by atoms with Crippen LogP contribution in [0.1, 0.15) is 37.5 Å². The minimum atomic E-state index is -1.08. The average Bonchev–Trinajstić information content (AvgIpc) is 3.54. The van der Waals surface area contributed by atoms with Gasteiger partial charge in [0.2, 0.25) is 0 Å². The number of rotatable bonds is 9. The quantitative estimate of drug-likeness (QED) is 0.187. The predicted molar refractivity (Wildman–Crippen MR) is 161 cm³/mol. The van der Waals surface area contributed by atoms with Gasteiger partial charge >= 0.3 is 11.9 Å². The number of nitrogens with zero attached hydrogens (tertiary/aromatic N) is 2. The third-order valence-electron chi connectivity index (χ3n) is 6.41. The minimum Gasteiger partial charge on any atom is -0.478 e. The third kappa shape index (κ3) is 7.26. The van der Waals surface area contributed by atoms with E-state index in [-0.39, 0.29) is 17.0 Å². The van der Waals surface area contributed by atoms with Crippen molar-refractivity contribution >= 4 is 28.7 Å². The number of hydrogen-bond donors (Lipinski definition) is 3. The number of benzene rings is 3. The topological polar surface area (TPSA) is 133 Å². The summed E-state index contributed by atoms with van der Waals surface area (Å²) in [6, 6.07) is 25.8. The number of aromatic nitrogens is 1. The Hall–Kier alpha value is -5.28. The van der Waals surface area contributed by atoms with Gasteiger partial charge in [-0.1, -0.05) is 54.6 Å². The highest BCUT2D eigenvalue weighted by atomic mass is 16.4.